The van der Waals surface area contributed by atoms with Crippen molar-refractivity contribution < 1.29 is 19.1 Å². The summed E-state index contributed by atoms with van der Waals surface area (Å²) < 4.78 is 10.2. The Morgan fingerprint density at radius 1 is 1.20 bits per heavy atom. The van der Waals surface area contributed by atoms with Gasteiger partial charge in [-0.1, -0.05) is 33.3 Å². The average molecular weight is 284 g/mol. The second kappa shape index (κ2) is 8.77. The Kier molecular flexibility index (Phi) is 8.19. The quantitative estimate of drug-likeness (QED) is 0.571. The van der Waals surface area contributed by atoms with Crippen LogP contribution < -0.4 is 0 Å². The first-order valence-corrected chi connectivity index (χ1v) is 7.37. The van der Waals surface area contributed by atoms with Gasteiger partial charge in [0.2, 0.25) is 0 Å². The van der Waals surface area contributed by atoms with Crippen LogP contribution in [0.15, 0.2) is 12.2 Å². The summed E-state index contributed by atoms with van der Waals surface area (Å²) in [5.74, 6) is -0.662. The van der Waals surface area contributed by atoms with Gasteiger partial charge in [-0.3, -0.25) is 0 Å². The highest BCUT2D eigenvalue weighted by atomic mass is 16.6. The van der Waals surface area contributed by atoms with Crippen LogP contribution in [0.3, 0.4) is 0 Å². The molecular formula is C16H28O4. The van der Waals surface area contributed by atoms with Crippen molar-refractivity contribution in [3.63, 3.8) is 0 Å². The number of carbonyl (C=O) groups excluding carboxylic acids is 2. The fraction of sp³-hybridized carbons (Fsp3) is 0.750. The molecule has 0 aliphatic heterocycles. The first kappa shape index (κ1) is 18.7. The van der Waals surface area contributed by atoms with Crippen LogP contribution in [0.25, 0.3) is 0 Å². The van der Waals surface area contributed by atoms with Crippen LogP contribution in [0.2, 0.25) is 0 Å². The zero-order valence-corrected chi connectivity index (χ0v) is 13.5. The van der Waals surface area contributed by atoms with Crippen molar-refractivity contribution in [3.8, 4) is 0 Å². The molecule has 0 heterocycles. The van der Waals surface area contributed by atoms with Crippen molar-refractivity contribution in [3.05, 3.63) is 12.2 Å². The maximum absolute atomic E-state index is 11.6. The van der Waals surface area contributed by atoms with Crippen molar-refractivity contribution in [2.45, 2.75) is 65.9 Å². The molecule has 0 aromatic rings. The first-order valence-electron chi connectivity index (χ1n) is 7.37. The van der Waals surface area contributed by atoms with Crippen molar-refractivity contribution >= 4 is 11.9 Å². The molecule has 1 fully saturated rings. The van der Waals surface area contributed by atoms with E-state index in [1.165, 1.54) is 19.8 Å². The largest absolute Gasteiger partial charge is 0.457 e. The van der Waals surface area contributed by atoms with E-state index in [2.05, 4.69) is 6.58 Å². The summed E-state index contributed by atoms with van der Waals surface area (Å²) in [5.41, 5.74) is -0.207. The highest BCUT2D eigenvalue weighted by Gasteiger charge is 2.35. The molecule has 20 heavy (non-hydrogen) atoms. The molecule has 1 saturated carbocycles. The molecule has 0 unspecified atom stereocenters. The second-order valence-corrected chi connectivity index (χ2v) is 5.42. The molecule has 4 heteroatoms. The van der Waals surface area contributed by atoms with Gasteiger partial charge in [0.1, 0.15) is 5.60 Å². The minimum atomic E-state index is -0.564. The van der Waals surface area contributed by atoms with E-state index in [9.17, 15) is 9.59 Å². The van der Waals surface area contributed by atoms with Crippen LogP contribution in [0, 0.1) is 5.92 Å². The van der Waals surface area contributed by atoms with Gasteiger partial charge < -0.3 is 9.47 Å². The summed E-state index contributed by atoms with van der Waals surface area (Å²) in [5, 5.41) is 0. The number of rotatable bonds is 5. The normalized spacial score (nSPS) is 15.1. The van der Waals surface area contributed by atoms with E-state index in [0.29, 0.717) is 5.92 Å². The molecule has 1 rings (SSSR count). The van der Waals surface area contributed by atoms with E-state index < -0.39 is 17.5 Å². The van der Waals surface area contributed by atoms with Gasteiger partial charge in [-0.15, -0.1) is 0 Å². The predicted molar refractivity (Wildman–Crippen MR) is 79.3 cm³/mol. The molecule has 4 nitrogen and oxygen atoms in total. The fourth-order valence-electron chi connectivity index (χ4n) is 2.27. The predicted octanol–water partition coefficient (Wildman–Crippen LogP) is 3.64. The van der Waals surface area contributed by atoms with Gasteiger partial charge in [0.25, 0.3) is 0 Å². The van der Waals surface area contributed by atoms with E-state index in [1.54, 1.807) is 0 Å². The monoisotopic (exact) mass is 284 g/mol. The topological polar surface area (TPSA) is 52.6 Å². The minimum Gasteiger partial charge on any atom is -0.457 e. The SMILES string of the molecule is C=C(C)C(=O)OCC(=O)OC(C)(C)C1CCCC1.CC. The number of carbonyl (C=O) groups is 2. The van der Waals surface area contributed by atoms with Gasteiger partial charge >= 0.3 is 11.9 Å². The van der Waals surface area contributed by atoms with Crippen LogP contribution >= 0.6 is 0 Å². The lowest BCUT2D eigenvalue weighted by molar-refractivity contribution is -0.170. The van der Waals surface area contributed by atoms with Crippen LogP contribution in [-0.2, 0) is 19.1 Å². The van der Waals surface area contributed by atoms with Gasteiger partial charge in [0.15, 0.2) is 6.61 Å². The Hall–Kier alpha value is -1.32. The Morgan fingerprint density at radius 3 is 2.15 bits per heavy atom. The minimum absolute atomic E-state index is 0.276. The molecule has 1 aliphatic rings. The number of hydrogen-bond donors (Lipinski definition) is 0. The van der Waals surface area contributed by atoms with Crippen LogP contribution in [0.5, 0.6) is 0 Å². The summed E-state index contributed by atoms with van der Waals surface area (Å²) in [6.45, 7) is 12.5. The van der Waals surface area contributed by atoms with Crippen molar-refractivity contribution in [1.82, 2.24) is 0 Å². The van der Waals surface area contributed by atoms with Crippen LogP contribution in [0.4, 0.5) is 0 Å². The fourth-order valence-corrected chi connectivity index (χ4v) is 2.27. The molecule has 0 amide bonds. The van der Waals surface area contributed by atoms with Crippen LogP contribution in [0.1, 0.15) is 60.3 Å². The van der Waals surface area contributed by atoms with Crippen molar-refractivity contribution in [2.75, 3.05) is 6.61 Å². The number of ether oxygens (including phenoxy) is 2. The van der Waals surface area contributed by atoms with E-state index >= 15 is 0 Å². The third kappa shape index (κ3) is 6.22. The highest BCUT2D eigenvalue weighted by molar-refractivity contribution is 5.88. The Bertz CT molecular complexity index is 338. The summed E-state index contributed by atoms with van der Waals surface area (Å²) in [6, 6.07) is 0. The molecule has 0 N–H and O–H groups in total. The summed E-state index contributed by atoms with van der Waals surface area (Å²) >= 11 is 0. The number of hydrogen-bond acceptors (Lipinski definition) is 4. The molecule has 0 aromatic heterocycles. The van der Waals surface area contributed by atoms with Crippen LogP contribution in [-0.4, -0.2) is 24.1 Å². The third-order valence-electron chi connectivity index (χ3n) is 3.38. The number of esters is 2. The lowest BCUT2D eigenvalue weighted by Gasteiger charge is -2.31. The molecule has 0 radical (unpaired) electrons. The van der Waals surface area contributed by atoms with Gasteiger partial charge in [0.05, 0.1) is 0 Å². The molecule has 0 aromatic carbocycles. The molecule has 1 aliphatic carbocycles. The lowest BCUT2D eigenvalue weighted by Crippen LogP contribution is -2.36. The molecule has 0 saturated heterocycles. The van der Waals surface area contributed by atoms with Gasteiger partial charge in [-0.2, -0.15) is 0 Å². The van der Waals surface area contributed by atoms with E-state index in [0.717, 1.165) is 12.8 Å². The maximum atomic E-state index is 11.6. The third-order valence-corrected chi connectivity index (χ3v) is 3.38. The van der Waals surface area contributed by atoms with Crippen molar-refractivity contribution in [1.29, 1.82) is 0 Å². The van der Waals surface area contributed by atoms with Gasteiger partial charge in [-0.25, -0.2) is 9.59 Å². The second-order valence-electron chi connectivity index (χ2n) is 5.42. The standard InChI is InChI=1S/C14H22O4.C2H6/c1-10(2)13(16)17-9-12(15)18-14(3,4)11-7-5-6-8-11;1-2/h11H,1,5-9H2,2-4H3;1-2H3. The average Bonchev–Trinajstić information content (AvgIpc) is 2.92. The lowest BCUT2D eigenvalue weighted by atomic mass is 9.89. The Morgan fingerprint density at radius 2 is 1.70 bits per heavy atom. The van der Waals surface area contributed by atoms with Crippen molar-refractivity contribution in [2.24, 2.45) is 5.92 Å². The maximum Gasteiger partial charge on any atom is 0.344 e. The smallest absolute Gasteiger partial charge is 0.344 e. The van der Waals surface area contributed by atoms with E-state index in [-0.39, 0.29) is 12.2 Å². The zero-order chi connectivity index (χ0) is 15.8. The molecular weight excluding hydrogens is 256 g/mol. The summed E-state index contributed by atoms with van der Waals surface area (Å²) in [7, 11) is 0. The molecule has 0 bridgehead atoms. The van der Waals surface area contributed by atoms with Gasteiger partial charge in [-0.05, 0) is 39.5 Å². The highest BCUT2D eigenvalue weighted by Crippen LogP contribution is 2.36. The Labute approximate surface area is 122 Å². The summed E-state index contributed by atoms with van der Waals surface area (Å²) in [6.07, 6.45) is 4.56. The Balaban J connectivity index is 0.00000172. The van der Waals surface area contributed by atoms with E-state index in [1.807, 2.05) is 27.7 Å². The van der Waals surface area contributed by atoms with Gasteiger partial charge in [0, 0.05) is 5.57 Å². The molecule has 116 valence electrons. The zero-order valence-electron chi connectivity index (χ0n) is 13.5. The first-order chi connectivity index (χ1) is 9.33. The molecule has 0 spiro atoms. The molecule has 0 atom stereocenters. The van der Waals surface area contributed by atoms with E-state index in [4.69, 9.17) is 9.47 Å². The summed E-state index contributed by atoms with van der Waals surface area (Å²) in [4.78, 5) is 22.8.